The number of carbonyl (C=O) groups excluding carboxylic acids is 2. The van der Waals surface area contributed by atoms with E-state index in [1.54, 1.807) is 4.90 Å². The van der Waals surface area contributed by atoms with Gasteiger partial charge < -0.3 is 20.3 Å². The van der Waals surface area contributed by atoms with Gasteiger partial charge in [0.25, 0.3) is 0 Å². The highest BCUT2D eigenvalue weighted by molar-refractivity contribution is 5.74. The molecule has 0 radical (unpaired) electrons. The van der Waals surface area contributed by atoms with Crippen molar-refractivity contribution < 1.29 is 14.3 Å². The van der Waals surface area contributed by atoms with Crippen LogP contribution < -0.4 is 10.6 Å². The van der Waals surface area contributed by atoms with Crippen molar-refractivity contribution in [1.82, 2.24) is 15.5 Å². The lowest BCUT2D eigenvalue weighted by Crippen LogP contribution is -2.51. The molecule has 2 saturated heterocycles. The van der Waals surface area contributed by atoms with Gasteiger partial charge in [-0.25, -0.2) is 9.59 Å². The summed E-state index contributed by atoms with van der Waals surface area (Å²) < 4.78 is 5.27. The normalized spacial score (nSPS) is 22.8. The van der Waals surface area contributed by atoms with Gasteiger partial charge >= 0.3 is 12.1 Å². The Morgan fingerprint density at radius 2 is 2.25 bits per heavy atom. The molecule has 90 valence electrons. The lowest BCUT2D eigenvalue weighted by Gasteiger charge is -2.36. The second-order valence-corrected chi connectivity index (χ2v) is 4.25. The topological polar surface area (TPSA) is 70.7 Å². The zero-order valence-electron chi connectivity index (χ0n) is 9.41. The Balaban J connectivity index is 1.87. The van der Waals surface area contributed by atoms with Crippen LogP contribution in [-0.2, 0) is 4.74 Å². The van der Waals surface area contributed by atoms with Crippen LogP contribution in [0.1, 0.15) is 19.8 Å². The largest absolute Gasteiger partial charge is 0.441 e. The van der Waals surface area contributed by atoms with Gasteiger partial charge in [0.2, 0.25) is 0 Å². The van der Waals surface area contributed by atoms with E-state index in [2.05, 4.69) is 10.6 Å². The van der Waals surface area contributed by atoms with Crippen molar-refractivity contribution in [2.24, 2.45) is 0 Å². The number of nitrogens with zero attached hydrogens (tertiary/aromatic N) is 1. The van der Waals surface area contributed by atoms with Gasteiger partial charge in [-0.2, -0.15) is 0 Å². The van der Waals surface area contributed by atoms with Crippen molar-refractivity contribution >= 4 is 12.1 Å². The van der Waals surface area contributed by atoms with Gasteiger partial charge in [-0.15, -0.1) is 0 Å². The summed E-state index contributed by atoms with van der Waals surface area (Å²) in [7, 11) is 0. The van der Waals surface area contributed by atoms with Gasteiger partial charge in [0.1, 0.15) is 5.60 Å². The van der Waals surface area contributed by atoms with Gasteiger partial charge in [-0.05, 0) is 6.92 Å². The second kappa shape index (κ2) is 4.19. The Kier molecular flexibility index (Phi) is 2.89. The number of piperidine rings is 1. The van der Waals surface area contributed by atoms with E-state index in [-0.39, 0.29) is 17.7 Å². The molecular formula is C10H17N3O3. The number of hydrogen-bond acceptors (Lipinski definition) is 3. The number of carbonyl (C=O) groups is 2. The monoisotopic (exact) mass is 227 g/mol. The van der Waals surface area contributed by atoms with Crippen molar-refractivity contribution in [1.29, 1.82) is 0 Å². The maximum Gasteiger partial charge on any atom is 0.407 e. The number of hydrogen-bond donors (Lipinski definition) is 2. The van der Waals surface area contributed by atoms with Crippen molar-refractivity contribution in [2.75, 3.05) is 26.2 Å². The van der Waals surface area contributed by atoms with Gasteiger partial charge in [0, 0.05) is 32.5 Å². The molecule has 2 aliphatic rings. The first-order valence-electron chi connectivity index (χ1n) is 5.65. The molecule has 2 rings (SSSR count). The van der Waals surface area contributed by atoms with E-state index in [1.807, 2.05) is 6.92 Å². The predicted molar refractivity (Wildman–Crippen MR) is 57.1 cm³/mol. The standard InChI is InChI=1S/C10H17N3O3/c1-2-11-8(14)13-5-3-10(4-6-13)7-12-9(15)16-10/h2-7H2,1H3,(H,11,14)(H,12,15). The Morgan fingerprint density at radius 1 is 1.56 bits per heavy atom. The summed E-state index contributed by atoms with van der Waals surface area (Å²) >= 11 is 0. The van der Waals surface area contributed by atoms with E-state index >= 15 is 0 Å². The van der Waals surface area contributed by atoms with E-state index in [0.29, 0.717) is 39.0 Å². The van der Waals surface area contributed by atoms with Crippen LogP contribution in [0.4, 0.5) is 9.59 Å². The maximum absolute atomic E-state index is 11.6. The highest BCUT2D eigenvalue weighted by Gasteiger charge is 2.43. The van der Waals surface area contributed by atoms with Crippen LogP contribution in [0.3, 0.4) is 0 Å². The lowest BCUT2D eigenvalue weighted by atomic mass is 9.92. The third kappa shape index (κ3) is 2.05. The Hall–Kier alpha value is -1.46. The minimum absolute atomic E-state index is 0.0327. The third-order valence-electron chi connectivity index (χ3n) is 3.15. The summed E-state index contributed by atoms with van der Waals surface area (Å²) in [6, 6.07) is -0.0327. The van der Waals surface area contributed by atoms with Crippen molar-refractivity contribution in [3.63, 3.8) is 0 Å². The second-order valence-electron chi connectivity index (χ2n) is 4.25. The number of nitrogens with one attached hydrogen (secondary N) is 2. The molecule has 2 fully saturated rings. The Bertz CT molecular complexity index is 298. The van der Waals surface area contributed by atoms with Crippen molar-refractivity contribution in [3.8, 4) is 0 Å². The molecule has 2 aliphatic heterocycles. The van der Waals surface area contributed by atoms with Crippen molar-refractivity contribution in [3.05, 3.63) is 0 Å². The number of alkyl carbamates (subject to hydrolysis) is 1. The predicted octanol–water partition coefficient (Wildman–Crippen LogP) is 0.290. The highest BCUT2D eigenvalue weighted by atomic mass is 16.6. The van der Waals surface area contributed by atoms with E-state index in [4.69, 9.17) is 4.74 Å². The first kappa shape index (κ1) is 11.0. The highest BCUT2D eigenvalue weighted by Crippen LogP contribution is 2.29. The summed E-state index contributed by atoms with van der Waals surface area (Å²) in [5.41, 5.74) is -0.375. The lowest BCUT2D eigenvalue weighted by molar-refractivity contribution is 0.00983. The Morgan fingerprint density at radius 3 is 2.75 bits per heavy atom. The minimum Gasteiger partial charge on any atom is -0.441 e. The summed E-state index contributed by atoms with van der Waals surface area (Å²) in [4.78, 5) is 24.3. The fourth-order valence-corrected chi connectivity index (χ4v) is 2.16. The molecule has 0 aromatic heterocycles. The number of likely N-dealkylation sites (tertiary alicyclic amines) is 1. The molecule has 2 N–H and O–H groups in total. The zero-order chi connectivity index (χ0) is 11.6. The number of amides is 3. The molecule has 0 atom stereocenters. The molecule has 6 nitrogen and oxygen atoms in total. The third-order valence-corrected chi connectivity index (χ3v) is 3.15. The van der Waals surface area contributed by atoms with E-state index in [0.717, 1.165) is 0 Å². The zero-order valence-corrected chi connectivity index (χ0v) is 9.41. The van der Waals surface area contributed by atoms with Crippen LogP contribution in [0.2, 0.25) is 0 Å². The van der Waals surface area contributed by atoms with Crippen LogP contribution in [0.15, 0.2) is 0 Å². The first-order valence-corrected chi connectivity index (χ1v) is 5.65. The van der Waals surface area contributed by atoms with Gasteiger partial charge in [-0.3, -0.25) is 0 Å². The van der Waals surface area contributed by atoms with Crippen LogP contribution in [0.5, 0.6) is 0 Å². The fraction of sp³-hybridized carbons (Fsp3) is 0.800. The number of ether oxygens (including phenoxy) is 1. The molecular weight excluding hydrogens is 210 g/mol. The van der Waals surface area contributed by atoms with E-state index in [1.165, 1.54) is 0 Å². The molecule has 2 heterocycles. The van der Waals surface area contributed by atoms with Crippen LogP contribution in [0.25, 0.3) is 0 Å². The molecule has 6 heteroatoms. The molecule has 1 spiro atoms. The summed E-state index contributed by atoms with van der Waals surface area (Å²) in [6.45, 7) is 4.37. The van der Waals surface area contributed by atoms with Crippen LogP contribution in [-0.4, -0.2) is 48.8 Å². The van der Waals surface area contributed by atoms with Gasteiger partial charge in [0.05, 0.1) is 6.54 Å². The fourth-order valence-electron chi connectivity index (χ4n) is 2.16. The average Bonchev–Trinajstić information content (AvgIpc) is 2.61. The van der Waals surface area contributed by atoms with Gasteiger partial charge in [-0.1, -0.05) is 0 Å². The molecule has 0 aliphatic carbocycles. The first-order chi connectivity index (χ1) is 7.65. The quantitative estimate of drug-likeness (QED) is 0.676. The smallest absolute Gasteiger partial charge is 0.407 e. The van der Waals surface area contributed by atoms with Crippen LogP contribution >= 0.6 is 0 Å². The summed E-state index contributed by atoms with van der Waals surface area (Å²) in [5, 5.41) is 5.44. The van der Waals surface area contributed by atoms with Crippen LogP contribution in [0, 0.1) is 0 Å². The van der Waals surface area contributed by atoms with Crippen molar-refractivity contribution in [2.45, 2.75) is 25.4 Å². The molecule has 3 amide bonds. The van der Waals surface area contributed by atoms with Gasteiger partial charge in [0.15, 0.2) is 0 Å². The number of rotatable bonds is 1. The van der Waals surface area contributed by atoms with E-state index in [9.17, 15) is 9.59 Å². The number of urea groups is 1. The SMILES string of the molecule is CCNC(=O)N1CCC2(CC1)CNC(=O)O2. The molecule has 0 bridgehead atoms. The Labute approximate surface area is 94.3 Å². The molecule has 0 aromatic carbocycles. The summed E-state index contributed by atoms with van der Waals surface area (Å²) in [6.07, 6.45) is 1.08. The molecule has 16 heavy (non-hydrogen) atoms. The summed E-state index contributed by atoms with van der Waals surface area (Å²) in [5.74, 6) is 0. The minimum atomic E-state index is -0.375. The maximum atomic E-state index is 11.6. The van der Waals surface area contributed by atoms with E-state index < -0.39 is 0 Å². The molecule has 0 unspecified atom stereocenters. The average molecular weight is 227 g/mol. The molecule has 0 saturated carbocycles. The molecule has 0 aromatic rings.